The molecule has 1 aliphatic rings. The van der Waals surface area contributed by atoms with Gasteiger partial charge in [0.05, 0.1) is 0 Å². The summed E-state index contributed by atoms with van der Waals surface area (Å²) in [7, 11) is 0. The molecule has 1 fully saturated rings. The van der Waals surface area contributed by atoms with Gasteiger partial charge in [-0.3, -0.25) is 10.3 Å². The summed E-state index contributed by atoms with van der Waals surface area (Å²) in [5, 5.41) is 7.52. The summed E-state index contributed by atoms with van der Waals surface area (Å²) in [6, 6.07) is 4.52. The predicted octanol–water partition coefficient (Wildman–Crippen LogP) is 2.20. The van der Waals surface area contributed by atoms with Crippen molar-refractivity contribution in [1.29, 1.82) is 5.41 Å². The Kier molecular flexibility index (Phi) is 3.66. The molecule has 1 saturated heterocycles. The quantitative estimate of drug-likeness (QED) is 0.637. The van der Waals surface area contributed by atoms with Crippen molar-refractivity contribution in [3.8, 4) is 0 Å². The molecule has 4 heteroatoms. The zero-order chi connectivity index (χ0) is 13.3. The zero-order valence-electron chi connectivity index (χ0n) is 10.9. The molecule has 0 saturated carbocycles. The Morgan fingerprint density at radius 1 is 1.39 bits per heavy atom. The maximum atomic E-state index is 13.2. The van der Waals surface area contributed by atoms with Crippen LogP contribution in [-0.2, 0) is 6.54 Å². The van der Waals surface area contributed by atoms with Gasteiger partial charge in [-0.05, 0) is 29.5 Å². The summed E-state index contributed by atoms with van der Waals surface area (Å²) in [6.07, 6.45) is 0. The standard InChI is InChI=1S/C14H20FN3/c1-9-6-18(7-10(9)2)8-11-3-4-12(15)5-13(11)14(16)17/h3-5,9-10H,6-8H2,1-2H3,(H3,16,17). The van der Waals surface area contributed by atoms with Crippen LogP contribution < -0.4 is 5.73 Å². The predicted molar refractivity (Wildman–Crippen MR) is 71.0 cm³/mol. The van der Waals surface area contributed by atoms with Gasteiger partial charge in [0.1, 0.15) is 11.7 Å². The molecule has 0 aromatic heterocycles. The molecular weight excluding hydrogens is 229 g/mol. The topological polar surface area (TPSA) is 53.1 Å². The van der Waals surface area contributed by atoms with E-state index in [4.69, 9.17) is 11.1 Å². The number of hydrogen-bond donors (Lipinski definition) is 2. The maximum absolute atomic E-state index is 13.2. The zero-order valence-corrected chi connectivity index (χ0v) is 10.9. The van der Waals surface area contributed by atoms with Crippen molar-refractivity contribution in [3.63, 3.8) is 0 Å². The normalized spacial score (nSPS) is 24.4. The van der Waals surface area contributed by atoms with E-state index in [0.29, 0.717) is 17.4 Å². The number of benzene rings is 1. The molecule has 3 N–H and O–H groups in total. The number of nitrogens with two attached hydrogens (primary N) is 1. The van der Waals surface area contributed by atoms with Gasteiger partial charge in [0, 0.05) is 25.2 Å². The summed E-state index contributed by atoms with van der Waals surface area (Å²) in [5.41, 5.74) is 6.96. The molecule has 0 aliphatic carbocycles. The van der Waals surface area contributed by atoms with E-state index < -0.39 is 0 Å². The number of halogens is 1. The van der Waals surface area contributed by atoms with Crippen LogP contribution in [0.1, 0.15) is 25.0 Å². The number of nitrogen functional groups attached to an aromatic ring is 1. The van der Waals surface area contributed by atoms with E-state index in [1.54, 1.807) is 6.07 Å². The van der Waals surface area contributed by atoms with Gasteiger partial charge in [0.25, 0.3) is 0 Å². The molecule has 2 atom stereocenters. The molecule has 0 bridgehead atoms. The van der Waals surface area contributed by atoms with Crippen LogP contribution in [0.5, 0.6) is 0 Å². The molecule has 3 nitrogen and oxygen atoms in total. The highest BCUT2D eigenvalue weighted by molar-refractivity contribution is 5.96. The third kappa shape index (κ3) is 2.70. The summed E-state index contributed by atoms with van der Waals surface area (Å²) in [6.45, 7) is 7.35. The van der Waals surface area contributed by atoms with Crippen molar-refractivity contribution in [2.75, 3.05) is 13.1 Å². The Bertz CT molecular complexity index is 448. The highest BCUT2D eigenvalue weighted by atomic mass is 19.1. The number of hydrogen-bond acceptors (Lipinski definition) is 2. The third-order valence-electron chi connectivity index (χ3n) is 3.82. The number of nitrogens with zero attached hydrogens (tertiary/aromatic N) is 1. The van der Waals surface area contributed by atoms with E-state index >= 15 is 0 Å². The minimum atomic E-state index is -0.341. The van der Waals surface area contributed by atoms with Gasteiger partial charge in [-0.15, -0.1) is 0 Å². The van der Waals surface area contributed by atoms with Gasteiger partial charge in [-0.2, -0.15) is 0 Å². The van der Waals surface area contributed by atoms with Crippen LogP contribution in [0.2, 0.25) is 0 Å². The Hall–Kier alpha value is -1.42. The van der Waals surface area contributed by atoms with Crippen LogP contribution in [0.4, 0.5) is 4.39 Å². The van der Waals surface area contributed by atoms with E-state index in [1.807, 2.05) is 0 Å². The second-order valence-corrected chi connectivity index (χ2v) is 5.36. The van der Waals surface area contributed by atoms with Gasteiger partial charge in [0.15, 0.2) is 0 Å². The van der Waals surface area contributed by atoms with Gasteiger partial charge in [-0.1, -0.05) is 19.9 Å². The summed E-state index contributed by atoms with van der Waals surface area (Å²) in [5.74, 6) is 0.967. The average Bonchev–Trinajstić information content (AvgIpc) is 2.60. The van der Waals surface area contributed by atoms with Crippen LogP contribution in [0.3, 0.4) is 0 Å². The van der Waals surface area contributed by atoms with E-state index in [2.05, 4.69) is 18.7 Å². The van der Waals surface area contributed by atoms with Crippen molar-refractivity contribution < 1.29 is 4.39 Å². The summed E-state index contributed by atoms with van der Waals surface area (Å²) < 4.78 is 13.2. The molecule has 2 rings (SSSR count). The lowest BCUT2D eigenvalue weighted by Crippen LogP contribution is -2.23. The SMILES string of the molecule is CC1CN(Cc2ccc(F)cc2C(=N)N)CC1C. The number of likely N-dealkylation sites (tertiary alicyclic amines) is 1. The fourth-order valence-corrected chi connectivity index (χ4v) is 2.56. The molecular formula is C14H20FN3. The molecule has 2 unspecified atom stereocenters. The maximum Gasteiger partial charge on any atom is 0.123 e. The lowest BCUT2D eigenvalue weighted by molar-refractivity contribution is 0.316. The summed E-state index contributed by atoms with van der Waals surface area (Å²) in [4.78, 5) is 2.34. The third-order valence-corrected chi connectivity index (χ3v) is 3.82. The number of rotatable bonds is 3. The Labute approximate surface area is 107 Å². The minimum Gasteiger partial charge on any atom is -0.384 e. The monoisotopic (exact) mass is 249 g/mol. The Morgan fingerprint density at radius 3 is 2.56 bits per heavy atom. The molecule has 0 spiro atoms. The first-order chi connectivity index (χ1) is 8.47. The first kappa shape index (κ1) is 13.0. The second kappa shape index (κ2) is 5.06. The fraction of sp³-hybridized carbons (Fsp3) is 0.500. The minimum absolute atomic E-state index is 0.0650. The van der Waals surface area contributed by atoms with Crippen molar-refractivity contribution in [3.05, 3.63) is 35.1 Å². The van der Waals surface area contributed by atoms with Crippen LogP contribution in [0.15, 0.2) is 18.2 Å². The van der Waals surface area contributed by atoms with Gasteiger partial charge in [-0.25, -0.2) is 4.39 Å². The van der Waals surface area contributed by atoms with Crippen molar-refractivity contribution in [1.82, 2.24) is 4.90 Å². The Balaban J connectivity index is 2.17. The second-order valence-electron chi connectivity index (χ2n) is 5.36. The van der Waals surface area contributed by atoms with E-state index in [-0.39, 0.29) is 11.7 Å². The van der Waals surface area contributed by atoms with Gasteiger partial charge >= 0.3 is 0 Å². The first-order valence-electron chi connectivity index (χ1n) is 6.32. The highest BCUT2D eigenvalue weighted by Crippen LogP contribution is 2.24. The molecule has 1 aliphatic heterocycles. The van der Waals surface area contributed by atoms with E-state index in [0.717, 1.165) is 25.2 Å². The Morgan fingerprint density at radius 2 is 2.00 bits per heavy atom. The fourth-order valence-electron chi connectivity index (χ4n) is 2.56. The van der Waals surface area contributed by atoms with Crippen LogP contribution in [-0.4, -0.2) is 23.8 Å². The summed E-state index contributed by atoms with van der Waals surface area (Å²) >= 11 is 0. The van der Waals surface area contributed by atoms with Crippen molar-refractivity contribution in [2.24, 2.45) is 17.6 Å². The largest absolute Gasteiger partial charge is 0.384 e. The van der Waals surface area contributed by atoms with Crippen LogP contribution in [0.25, 0.3) is 0 Å². The number of nitrogens with one attached hydrogen (secondary N) is 1. The number of amidine groups is 1. The molecule has 0 radical (unpaired) electrons. The van der Waals surface area contributed by atoms with Crippen LogP contribution in [0, 0.1) is 23.1 Å². The molecule has 0 amide bonds. The lowest BCUT2D eigenvalue weighted by atomic mass is 10.0. The van der Waals surface area contributed by atoms with Crippen molar-refractivity contribution >= 4 is 5.84 Å². The van der Waals surface area contributed by atoms with Crippen LogP contribution >= 0.6 is 0 Å². The van der Waals surface area contributed by atoms with E-state index in [1.165, 1.54) is 12.1 Å². The average molecular weight is 249 g/mol. The lowest BCUT2D eigenvalue weighted by Gasteiger charge is -2.17. The van der Waals surface area contributed by atoms with Gasteiger partial charge in [0.2, 0.25) is 0 Å². The highest BCUT2D eigenvalue weighted by Gasteiger charge is 2.26. The molecule has 1 heterocycles. The van der Waals surface area contributed by atoms with Gasteiger partial charge < -0.3 is 5.73 Å². The smallest absolute Gasteiger partial charge is 0.123 e. The molecule has 1 aromatic carbocycles. The molecule has 1 aromatic rings. The first-order valence-corrected chi connectivity index (χ1v) is 6.32. The molecule has 18 heavy (non-hydrogen) atoms. The molecule has 98 valence electrons. The van der Waals surface area contributed by atoms with Crippen molar-refractivity contribution in [2.45, 2.75) is 20.4 Å². The van der Waals surface area contributed by atoms with E-state index in [9.17, 15) is 4.39 Å².